The van der Waals surface area contributed by atoms with Gasteiger partial charge in [0.1, 0.15) is 60.4 Å². The van der Waals surface area contributed by atoms with Crippen molar-refractivity contribution in [2.24, 2.45) is 50.7 Å². The quantitative estimate of drug-likeness (QED) is 0.0735. The van der Waals surface area contributed by atoms with Crippen LogP contribution in [0, 0.1) is 50.7 Å². The molecule has 0 aromatic carbocycles. The van der Waals surface area contributed by atoms with E-state index in [0.717, 1.165) is 5.57 Å². The van der Waals surface area contributed by atoms with Gasteiger partial charge >= 0.3 is 11.9 Å². The van der Waals surface area contributed by atoms with Crippen LogP contribution in [0.4, 0.5) is 0 Å². The fourth-order valence-electron chi connectivity index (χ4n) is 13.9. The first kappa shape index (κ1) is 46.1. The Balaban J connectivity index is 1.24. The molecule has 0 radical (unpaired) electrons. The van der Waals surface area contributed by atoms with Crippen molar-refractivity contribution < 1.29 is 89.8 Å². The van der Waals surface area contributed by atoms with E-state index in [2.05, 4.69) is 13.8 Å². The Labute approximate surface area is 348 Å². The van der Waals surface area contributed by atoms with E-state index in [1.165, 1.54) is 0 Å². The standard InChI is InChI=1S/C42H66O18/c1-18-8-11-41(36(55)60-34-30(52)28(50)26(48)22(16-44)58-34)13-12-38(3)19(31(41)40(18,5)56)6-7-23-37(2)14-20(46)32(59-33-29(51)27(49)25(47)21(15-43)57-33)42(17-45,35(53)54)24(37)9-10-39(23,38)4/h6,18,20-34,43-52,56H,7-17H2,1-5H3,(H,53,54). The van der Waals surface area contributed by atoms with E-state index >= 15 is 0 Å². The third-order valence-corrected chi connectivity index (χ3v) is 17.7. The van der Waals surface area contributed by atoms with Crippen molar-refractivity contribution in [3.05, 3.63) is 11.6 Å². The molecular weight excluding hydrogens is 792 g/mol. The van der Waals surface area contributed by atoms with Gasteiger partial charge in [0.25, 0.3) is 0 Å². The van der Waals surface area contributed by atoms with Gasteiger partial charge in [-0.3, -0.25) is 9.59 Å². The maximum atomic E-state index is 14.7. The molecule has 22 unspecified atom stereocenters. The van der Waals surface area contributed by atoms with Gasteiger partial charge in [-0.05, 0) is 92.3 Å². The lowest BCUT2D eigenvalue weighted by Crippen LogP contribution is -2.72. The highest BCUT2D eigenvalue weighted by Crippen LogP contribution is 2.76. The lowest BCUT2D eigenvalue weighted by Gasteiger charge is -2.72. The fourth-order valence-corrected chi connectivity index (χ4v) is 13.9. The number of aliphatic carboxylic acids is 1. The number of ether oxygens (including phenoxy) is 4. The molecule has 2 aliphatic heterocycles. The predicted octanol–water partition coefficient (Wildman–Crippen LogP) is -1.70. The van der Waals surface area contributed by atoms with Crippen LogP contribution in [0.1, 0.15) is 86.0 Å². The van der Waals surface area contributed by atoms with Gasteiger partial charge in [-0.2, -0.15) is 0 Å². The number of rotatable bonds is 8. The predicted molar refractivity (Wildman–Crippen MR) is 204 cm³/mol. The van der Waals surface area contributed by atoms with E-state index in [0.29, 0.717) is 32.1 Å². The van der Waals surface area contributed by atoms with Crippen LogP contribution in [0.3, 0.4) is 0 Å². The molecule has 18 nitrogen and oxygen atoms in total. The molecule has 0 aromatic heterocycles. The van der Waals surface area contributed by atoms with E-state index in [4.69, 9.17) is 18.9 Å². The first-order valence-corrected chi connectivity index (χ1v) is 21.4. The second-order valence-corrected chi connectivity index (χ2v) is 20.2. The number of esters is 1. The molecular formula is C42H66O18. The zero-order valence-electron chi connectivity index (χ0n) is 34.9. The average molecular weight is 859 g/mol. The number of aliphatic hydroxyl groups is 11. The van der Waals surface area contributed by atoms with Crippen LogP contribution in [0.5, 0.6) is 0 Å². The van der Waals surface area contributed by atoms with Gasteiger partial charge in [0.05, 0.1) is 36.9 Å². The molecule has 6 fully saturated rings. The monoisotopic (exact) mass is 858 g/mol. The molecule has 7 aliphatic rings. The van der Waals surface area contributed by atoms with E-state index in [1.54, 1.807) is 6.92 Å². The summed E-state index contributed by atoms with van der Waals surface area (Å²) in [7, 11) is 0. The number of carbonyl (C=O) groups is 2. The number of hydrogen-bond donors (Lipinski definition) is 12. The average Bonchev–Trinajstić information content (AvgIpc) is 3.19. The topological polar surface area (TPSA) is 314 Å². The van der Waals surface area contributed by atoms with Crippen molar-refractivity contribution in [2.75, 3.05) is 19.8 Å². The number of carbonyl (C=O) groups excluding carboxylic acids is 1. The SMILES string of the molecule is CC1CCC2(C(=O)OC3OC(CO)C(O)C(O)C3O)CCC3(C)C(=CCC4C5(C)CC(O)C(OC6OC(CO)C(O)C(O)C6O)C(CO)(C(=O)O)C5CCC43C)C2C1(C)O. The molecule has 342 valence electrons. The number of carboxylic acid groups (broad SMARTS) is 1. The second kappa shape index (κ2) is 15.7. The fraction of sp³-hybridized carbons (Fsp3) is 0.905. The Morgan fingerprint density at radius 1 is 0.767 bits per heavy atom. The van der Waals surface area contributed by atoms with Gasteiger partial charge in [0.15, 0.2) is 6.29 Å². The number of carboxylic acids is 1. The van der Waals surface area contributed by atoms with Crippen LogP contribution in [0.2, 0.25) is 0 Å². The van der Waals surface area contributed by atoms with Crippen molar-refractivity contribution in [1.82, 2.24) is 0 Å². The molecule has 4 saturated carbocycles. The Kier molecular flexibility index (Phi) is 12.1. The minimum atomic E-state index is -2.13. The van der Waals surface area contributed by atoms with E-state index in [-0.39, 0.29) is 31.1 Å². The summed E-state index contributed by atoms with van der Waals surface area (Å²) in [6.07, 6.45) is -15.3. The molecule has 18 heteroatoms. The van der Waals surface area contributed by atoms with Crippen LogP contribution in [0.15, 0.2) is 11.6 Å². The lowest BCUT2D eigenvalue weighted by atomic mass is 9.32. The van der Waals surface area contributed by atoms with E-state index < -0.39 is 150 Å². The van der Waals surface area contributed by atoms with Gasteiger partial charge in [0, 0.05) is 5.92 Å². The molecule has 0 amide bonds. The van der Waals surface area contributed by atoms with E-state index in [1.807, 2.05) is 19.9 Å². The van der Waals surface area contributed by atoms with Gasteiger partial charge in [0.2, 0.25) is 6.29 Å². The second-order valence-electron chi connectivity index (χ2n) is 20.2. The van der Waals surface area contributed by atoms with Crippen LogP contribution >= 0.6 is 0 Å². The zero-order valence-corrected chi connectivity index (χ0v) is 34.9. The minimum Gasteiger partial charge on any atom is -0.481 e. The Hall–Kier alpha value is -1.88. The molecule has 2 saturated heterocycles. The summed E-state index contributed by atoms with van der Waals surface area (Å²) in [6, 6.07) is 0. The summed E-state index contributed by atoms with van der Waals surface area (Å²) in [5.41, 5.74) is -6.27. The largest absolute Gasteiger partial charge is 0.481 e. The summed E-state index contributed by atoms with van der Waals surface area (Å²) in [5.74, 6) is -4.32. The van der Waals surface area contributed by atoms with Crippen LogP contribution in [0.25, 0.3) is 0 Å². The molecule has 60 heavy (non-hydrogen) atoms. The normalized spacial score (nSPS) is 55.3. The molecule has 22 atom stereocenters. The van der Waals surface area contributed by atoms with Crippen molar-refractivity contribution in [1.29, 1.82) is 0 Å². The smallest absolute Gasteiger partial charge is 0.315 e. The summed E-state index contributed by atoms with van der Waals surface area (Å²) < 4.78 is 23.1. The number of hydrogen-bond acceptors (Lipinski definition) is 17. The van der Waals surface area contributed by atoms with Crippen LogP contribution < -0.4 is 0 Å². The first-order chi connectivity index (χ1) is 28.0. The van der Waals surface area contributed by atoms with Crippen molar-refractivity contribution >= 4 is 11.9 Å². The first-order valence-electron chi connectivity index (χ1n) is 21.4. The number of aliphatic hydroxyl groups excluding tert-OH is 10. The highest BCUT2D eigenvalue weighted by Gasteiger charge is 2.75. The Bertz CT molecular complexity index is 1670. The van der Waals surface area contributed by atoms with Crippen LogP contribution in [-0.4, -0.2) is 172 Å². The van der Waals surface area contributed by atoms with Crippen molar-refractivity contribution in [3.63, 3.8) is 0 Å². The van der Waals surface area contributed by atoms with Crippen molar-refractivity contribution in [3.8, 4) is 0 Å². The highest BCUT2D eigenvalue weighted by atomic mass is 16.7. The molecule has 7 rings (SSSR count). The summed E-state index contributed by atoms with van der Waals surface area (Å²) in [6.45, 7) is 7.38. The third-order valence-electron chi connectivity index (χ3n) is 17.7. The molecule has 0 aromatic rings. The Morgan fingerprint density at radius 3 is 1.92 bits per heavy atom. The summed E-state index contributed by atoms with van der Waals surface area (Å²) >= 11 is 0. The van der Waals surface area contributed by atoms with Gasteiger partial charge in [-0.25, -0.2) is 0 Å². The maximum Gasteiger partial charge on any atom is 0.315 e. The zero-order chi connectivity index (χ0) is 44.3. The lowest BCUT2D eigenvalue weighted by molar-refractivity contribution is -0.344. The summed E-state index contributed by atoms with van der Waals surface area (Å²) in [5, 5.41) is 130. The molecule has 0 spiro atoms. The maximum absolute atomic E-state index is 14.7. The summed E-state index contributed by atoms with van der Waals surface area (Å²) in [4.78, 5) is 28.3. The number of allylic oxidation sites excluding steroid dienone is 1. The van der Waals surface area contributed by atoms with E-state index in [9.17, 15) is 70.9 Å². The van der Waals surface area contributed by atoms with Gasteiger partial charge < -0.3 is 80.2 Å². The molecule has 2 heterocycles. The van der Waals surface area contributed by atoms with Gasteiger partial charge in [-0.15, -0.1) is 0 Å². The van der Waals surface area contributed by atoms with Gasteiger partial charge in [-0.1, -0.05) is 39.3 Å². The van der Waals surface area contributed by atoms with Crippen molar-refractivity contribution in [2.45, 2.75) is 165 Å². The molecule has 12 N–H and O–H groups in total. The molecule has 5 aliphatic carbocycles. The number of fused-ring (bicyclic) bond motifs is 7. The molecule has 0 bridgehead atoms. The Morgan fingerprint density at radius 2 is 1.35 bits per heavy atom. The minimum absolute atomic E-state index is 0.0157. The van der Waals surface area contributed by atoms with Crippen LogP contribution in [-0.2, 0) is 28.5 Å². The third kappa shape index (κ3) is 6.25. The highest BCUT2D eigenvalue weighted by molar-refractivity contribution is 5.79.